The van der Waals surface area contributed by atoms with E-state index in [0.29, 0.717) is 0 Å². The van der Waals surface area contributed by atoms with Crippen molar-refractivity contribution in [3.8, 4) is 12.3 Å². The second-order valence-electron chi connectivity index (χ2n) is 3.59. The lowest BCUT2D eigenvalue weighted by Crippen LogP contribution is -2.41. The van der Waals surface area contributed by atoms with E-state index in [4.69, 9.17) is 11.2 Å². The SMILES string of the molecule is C#C[C@@H](C)OC(=O)NC(C)(C)C. The van der Waals surface area contributed by atoms with Crippen LogP contribution in [0.5, 0.6) is 0 Å². The molecule has 0 aromatic carbocycles. The lowest BCUT2D eigenvalue weighted by molar-refractivity contribution is 0.122. The lowest BCUT2D eigenvalue weighted by Gasteiger charge is -2.20. The highest BCUT2D eigenvalue weighted by Gasteiger charge is 2.15. The molecule has 12 heavy (non-hydrogen) atoms. The van der Waals surface area contributed by atoms with Gasteiger partial charge in [0.25, 0.3) is 0 Å². The van der Waals surface area contributed by atoms with Crippen molar-refractivity contribution in [2.24, 2.45) is 0 Å². The molecule has 1 atom stereocenters. The summed E-state index contributed by atoms with van der Waals surface area (Å²) in [6.45, 7) is 7.25. The Kier molecular flexibility index (Phi) is 3.62. The van der Waals surface area contributed by atoms with Crippen LogP contribution in [-0.4, -0.2) is 17.7 Å². The van der Waals surface area contributed by atoms with Gasteiger partial charge in [0.1, 0.15) is 0 Å². The Morgan fingerprint density at radius 3 is 2.42 bits per heavy atom. The summed E-state index contributed by atoms with van der Waals surface area (Å²) in [5.74, 6) is 2.30. The van der Waals surface area contributed by atoms with Gasteiger partial charge in [0.15, 0.2) is 6.10 Å². The van der Waals surface area contributed by atoms with Crippen LogP contribution < -0.4 is 5.32 Å². The van der Waals surface area contributed by atoms with E-state index in [-0.39, 0.29) is 5.54 Å². The summed E-state index contributed by atoms with van der Waals surface area (Å²) in [6.07, 6.45) is 4.07. The highest BCUT2D eigenvalue weighted by Crippen LogP contribution is 2.00. The molecule has 0 radical (unpaired) electrons. The molecular weight excluding hydrogens is 154 g/mol. The number of hydrogen-bond donors (Lipinski definition) is 1. The van der Waals surface area contributed by atoms with Crippen molar-refractivity contribution in [3.63, 3.8) is 0 Å². The molecule has 0 spiro atoms. The van der Waals surface area contributed by atoms with Crippen molar-refractivity contribution in [2.75, 3.05) is 0 Å². The van der Waals surface area contributed by atoms with Crippen LogP contribution in [0.1, 0.15) is 27.7 Å². The molecule has 3 heteroatoms. The molecule has 3 nitrogen and oxygen atoms in total. The lowest BCUT2D eigenvalue weighted by atomic mass is 10.1. The maximum Gasteiger partial charge on any atom is 0.408 e. The topological polar surface area (TPSA) is 38.3 Å². The van der Waals surface area contributed by atoms with Crippen LogP contribution in [-0.2, 0) is 4.74 Å². The molecule has 1 amide bonds. The molecule has 0 saturated heterocycles. The van der Waals surface area contributed by atoms with Gasteiger partial charge < -0.3 is 10.1 Å². The molecule has 0 aliphatic heterocycles. The van der Waals surface area contributed by atoms with E-state index in [2.05, 4.69) is 11.2 Å². The van der Waals surface area contributed by atoms with Crippen LogP contribution in [0.25, 0.3) is 0 Å². The van der Waals surface area contributed by atoms with Crippen LogP contribution in [0.4, 0.5) is 4.79 Å². The molecule has 0 aromatic rings. The zero-order chi connectivity index (χ0) is 9.78. The highest BCUT2D eigenvalue weighted by atomic mass is 16.6. The minimum absolute atomic E-state index is 0.286. The maximum absolute atomic E-state index is 11.0. The van der Waals surface area contributed by atoms with Gasteiger partial charge in [-0.3, -0.25) is 0 Å². The smallest absolute Gasteiger partial charge is 0.408 e. The normalized spacial score (nSPS) is 12.9. The summed E-state index contributed by atoms with van der Waals surface area (Å²) in [5, 5.41) is 2.63. The second kappa shape index (κ2) is 4.01. The summed E-state index contributed by atoms with van der Waals surface area (Å²) >= 11 is 0. The maximum atomic E-state index is 11.0. The van der Waals surface area contributed by atoms with Crippen LogP contribution in [0.15, 0.2) is 0 Å². The molecule has 0 aromatic heterocycles. The van der Waals surface area contributed by atoms with Crippen molar-refractivity contribution in [2.45, 2.75) is 39.3 Å². The number of rotatable bonds is 1. The van der Waals surface area contributed by atoms with Crippen molar-refractivity contribution in [1.82, 2.24) is 5.32 Å². The van der Waals surface area contributed by atoms with E-state index in [9.17, 15) is 4.79 Å². The monoisotopic (exact) mass is 169 g/mol. The van der Waals surface area contributed by atoms with Gasteiger partial charge in [0.2, 0.25) is 0 Å². The van der Waals surface area contributed by atoms with Gasteiger partial charge >= 0.3 is 6.09 Å². The fraction of sp³-hybridized carbons (Fsp3) is 0.667. The minimum Gasteiger partial charge on any atom is -0.433 e. The van der Waals surface area contributed by atoms with E-state index < -0.39 is 12.2 Å². The summed E-state index contributed by atoms with van der Waals surface area (Å²) in [7, 11) is 0. The average molecular weight is 169 g/mol. The van der Waals surface area contributed by atoms with Gasteiger partial charge in [0, 0.05) is 5.54 Å². The molecule has 0 heterocycles. The number of terminal acetylenes is 1. The zero-order valence-electron chi connectivity index (χ0n) is 7.97. The summed E-state index contributed by atoms with van der Waals surface area (Å²) in [6, 6.07) is 0. The molecule has 0 rings (SSSR count). The Bertz CT molecular complexity index is 198. The molecule has 0 aliphatic carbocycles. The first kappa shape index (κ1) is 10.8. The van der Waals surface area contributed by atoms with E-state index >= 15 is 0 Å². The standard InChI is InChI=1S/C9H15NO2/c1-6-7(2)12-8(11)10-9(3,4)5/h1,7H,2-5H3,(H,10,11)/t7-/m1/s1. The largest absolute Gasteiger partial charge is 0.433 e. The van der Waals surface area contributed by atoms with Crippen LogP contribution in [0, 0.1) is 12.3 Å². The summed E-state index contributed by atoms with van der Waals surface area (Å²) in [5.41, 5.74) is -0.286. The van der Waals surface area contributed by atoms with E-state index in [1.807, 2.05) is 20.8 Å². The van der Waals surface area contributed by atoms with Crippen molar-refractivity contribution in [3.05, 3.63) is 0 Å². The third kappa shape index (κ3) is 5.60. The average Bonchev–Trinajstić information content (AvgIpc) is 1.82. The van der Waals surface area contributed by atoms with Crippen LogP contribution in [0.3, 0.4) is 0 Å². The molecular formula is C9H15NO2. The first-order valence-corrected chi connectivity index (χ1v) is 3.80. The van der Waals surface area contributed by atoms with Crippen LogP contribution >= 0.6 is 0 Å². The minimum atomic E-state index is -0.479. The van der Waals surface area contributed by atoms with Gasteiger partial charge in [-0.2, -0.15) is 0 Å². The Balaban J connectivity index is 3.85. The predicted molar refractivity (Wildman–Crippen MR) is 47.7 cm³/mol. The van der Waals surface area contributed by atoms with Crippen molar-refractivity contribution < 1.29 is 9.53 Å². The van der Waals surface area contributed by atoms with Crippen molar-refractivity contribution in [1.29, 1.82) is 0 Å². The number of hydrogen-bond acceptors (Lipinski definition) is 2. The quantitative estimate of drug-likeness (QED) is 0.604. The molecule has 0 bridgehead atoms. The number of alkyl carbamates (subject to hydrolysis) is 1. The molecule has 1 N–H and O–H groups in total. The number of nitrogens with one attached hydrogen (secondary N) is 1. The fourth-order valence-electron chi connectivity index (χ4n) is 0.530. The fourth-order valence-corrected chi connectivity index (χ4v) is 0.530. The molecule has 68 valence electrons. The number of ether oxygens (including phenoxy) is 1. The molecule has 0 unspecified atom stereocenters. The molecule has 0 aliphatic rings. The third-order valence-electron chi connectivity index (χ3n) is 0.996. The third-order valence-corrected chi connectivity index (χ3v) is 0.996. The summed E-state index contributed by atoms with van der Waals surface area (Å²) in [4.78, 5) is 11.0. The Morgan fingerprint density at radius 1 is 1.58 bits per heavy atom. The summed E-state index contributed by atoms with van der Waals surface area (Å²) < 4.78 is 4.79. The molecule has 0 fully saturated rings. The second-order valence-corrected chi connectivity index (χ2v) is 3.59. The van der Waals surface area contributed by atoms with Crippen LogP contribution in [0.2, 0.25) is 0 Å². The first-order chi connectivity index (χ1) is 5.35. The first-order valence-electron chi connectivity index (χ1n) is 3.80. The van der Waals surface area contributed by atoms with Gasteiger partial charge in [0.05, 0.1) is 0 Å². The number of amides is 1. The Hall–Kier alpha value is -1.17. The van der Waals surface area contributed by atoms with E-state index in [1.54, 1.807) is 6.92 Å². The van der Waals surface area contributed by atoms with Gasteiger partial charge in [-0.05, 0) is 27.7 Å². The van der Waals surface area contributed by atoms with Gasteiger partial charge in [-0.15, -0.1) is 6.42 Å². The van der Waals surface area contributed by atoms with Crippen molar-refractivity contribution >= 4 is 6.09 Å². The Labute approximate surface area is 73.5 Å². The van der Waals surface area contributed by atoms with E-state index in [1.165, 1.54) is 0 Å². The number of carbonyl (C=O) groups excluding carboxylic acids is 1. The zero-order valence-corrected chi connectivity index (χ0v) is 7.97. The highest BCUT2D eigenvalue weighted by molar-refractivity contribution is 5.68. The van der Waals surface area contributed by atoms with Gasteiger partial charge in [-0.1, -0.05) is 5.92 Å². The van der Waals surface area contributed by atoms with E-state index in [0.717, 1.165) is 0 Å². The Morgan fingerprint density at radius 2 is 2.08 bits per heavy atom. The number of carbonyl (C=O) groups is 1. The predicted octanol–water partition coefficient (Wildman–Crippen LogP) is 1.53. The van der Waals surface area contributed by atoms with Gasteiger partial charge in [-0.25, -0.2) is 4.79 Å². The molecule has 0 saturated carbocycles.